The van der Waals surface area contributed by atoms with Gasteiger partial charge in [-0.15, -0.1) is 10.2 Å². The topological polar surface area (TPSA) is 37.8 Å². The molecule has 1 heterocycles. The summed E-state index contributed by atoms with van der Waals surface area (Å²) in [6, 6.07) is 4.40. The van der Waals surface area contributed by atoms with Gasteiger partial charge in [-0.2, -0.15) is 0 Å². The molecular weight excluding hydrogens is 249 g/mol. The maximum Gasteiger partial charge on any atom is 0.150 e. The number of rotatable bonds is 3. The molecular formula is C10H9ClFN3S. The number of halogens is 2. The minimum atomic E-state index is -0.337. The highest BCUT2D eigenvalue weighted by molar-refractivity contribution is 7.14. The Balaban J connectivity index is 2.38. The van der Waals surface area contributed by atoms with Gasteiger partial charge in [0.2, 0.25) is 0 Å². The van der Waals surface area contributed by atoms with Crippen molar-refractivity contribution in [2.75, 3.05) is 7.05 Å². The molecule has 0 aliphatic carbocycles. The van der Waals surface area contributed by atoms with Crippen molar-refractivity contribution >= 4 is 22.9 Å². The van der Waals surface area contributed by atoms with Crippen molar-refractivity contribution in [3.8, 4) is 10.6 Å². The lowest BCUT2D eigenvalue weighted by Gasteiger charge is -1.98. The highest BCUT2D eigenvalue weighted by atomic mass is 35.5. The van der Waals surface area contributed by atoms with Gasteiger partial charge in [0.1, 0.15) is 10.8 Å². The number of hydrogen-bond donors (Lipinski definition) is 1. The molecule has 0 saturated heterocycles. The van der Waals surface area contributed by atoms with Crippen LogP contribution in [0.15, 0.2) is 18.2 Å². The molecule has 0 radical (unpaired) electrons. The zero-order valence-corrected chi connectivity index (χ0v) is 10.1. The normalized spacial score (nSPS) is 10.7. The van der Waals surface area contributed by atoms with Gasteiger partial charge in [0, 0.05) is 17.1 Å². The monoisotopic (exact) mass is 257 g/mol. The minimum Gasteiger partial charge on any atom is -0.313 e. The molecule has 0 amide bonds. The van der Waals surface area contributed by atoms with Gasteiger partial charge in [-0.05, 0) is 25.2 Å². The Morgan fingerprint density at radius 3 is 3.00 bits per heavy atom. The molecule has 1 aromatic carbocycles. The number of aromatic nitrogens is 2. The Morgan fingerprint density at radius 1 is 1.44 bits per heavy atom. The van der Waals surface area contributed by atoms with Crippen LogP contribution >= 0.6 is 22.9 Å². The lowest BCUT2D eigenvalue weighted by atomic mass is 10.2. The van der Waals surface area contributed by atoms with Crippen molar-refractivity contribution < 1.29 is 4.39 Å². The molecule has 0 unspecified atom stereocenters. The molecule has 0 saturated carbocycles. The van der Waals surface area contributed by atoms with E-state index < -0.39 is 0 Å². The van der Waals surface area contributed by atoms with Crippen molar-refractivity contribution in [2.45, 2.75) is 6.54 Å². The second kappa shape index (κ2) is 4.86. The molecule has 0 aliphatic rings. The van der Waals surface area contributed by atoms with Gasteiger partial charge in [-0.1, -0.05) is 22.9 Å². The molecule has 16 heavy (non-hydrogen) atoms. The van der Waals surface area contributed by atoms with Crippen molar-refractivity contribution in [1.82, 2.24) is 15.5 Å². The Labute approximate surface area is 101 Å². The summed E-state index contributed by atoms with van der Waals surface area (Å²) in [6.07, 6.45) is 0. The van der Waals surface area contributed by atoms with E-state index in [1.165, 1.54) is 23.5 Å². The van der Waals surface area contributed by atoms with Gasteiger partial charge < -0.3 is 5.32 Å². The van der Waals surface area contributed by atoms with E-state index in [-0.39, 0.29) is 5.82 Å². The largest absolute Gasteiger partial charge is 0.313 e. The molecule has 3 nitrogen and oxygen atoms in total. The molecule has 0 fully saturated rings. The molecule has 2 aromatic rings. The molecule has 0 atom stereocenters. The van der Waals surface area contributed by atoms with Crippen LogP contribution in [0.2, 0.25) is 5.02 Å². The second-order valence-electron chi connectivity index (χ2n) is 3.16. The van der Waals surface area contributed by atoms with Crippen LogP contribution in [0.5, 0.6) is 0 Å². The SMILES string of the molecule is CNCc1nnc(-c2cc(Cl)ccc2F)s1. The van der Waals surface area contributed by atoms with Crippen LogP contribution in [0.4, 0.5) is 4.39 Å². The number of nitrogens with zero attached hydrogens (tertiary/aromatic N) is 2. The fraction of sp³-hybridized carbons (Fsp3) is 0.200. The summed E-state index contributed by atoms with van der Waals surface area (Å²) in [5.41, 5.74) is 0.396. The third-order valence-corrected chi connectivity index (χ3v) is 3.15. The fourth-order valence-electron chi connectivity index (χ4n) is 1.25. The van der Waals surface area contributed by atoms with Gasteiger partial charge in [0.05, 0.1) is 0 Å². The fourth-order valence-corrected chi connectivity index (χ4v) is 2.29. The standard InChI is InChI=1S/C10H9ClFN3S/c1-13-5-9-14-15-10(16-9)7-4-6(11)2-3-8(7)12/h2-4,13H,5H2,1H3. The molecule has 1 N–H and O–H groups in total. The summed E-state index contributed by atoms with van der Waals surface area (Å²) in [5, 5.41) is 12.7. The van der Waals surface area contributed by atoms with Gasteiger partial charge >= 0.3 is 0 Å². The van der Waals surface area contributed by atoms with E-state index in [1.54, 1.807) is 6.07 Å². The summed E-state index contributed by atoms with van der Waals surface area (Å²) in [6.45, 7) is 0.625. The Morgan fingerprint density at radius 2 is 2.25 bits per heavy atom. The minimum absolute atomic E-state index is 0.337. The number of hydrogen-bond acceptors (Lipinski definition) is 4. The Bertz CT molecular complexity index is 501. The summed E-state index contributed by atoms with van der Waals surface area (Å²) in [7, 11) is 1.82. The first kappa shape index (κ1) is 11.4. The average Bonchev–Trinajstić information content (AvgIpc) is 2.71. The van der Waals surface area contributed by atoms with E-state index in [9.17, 15) is 4.39 Å². The van der Waals surface area contributed by atoms with Crippen molar-refractivity contribution in [3.05, 3.63) is 34.0 Å². The summed E-state index contributed by atoms with van der Waals surface area (Å²) >= 11 is 7.16. The highest BCUT2D eigenvalue weighted by Crippen LogP contribution is 2.28. The quantitative estimate of drug-likeness (QED) is 0.919. The van der Waals surface area contributed by atoms with E-state index in [4.69, 9.17) is 11.6 Å². The van der Waals surface area contributed by atoms with Gasteiger partial charge in [-0.3, -0.25) is 0 Å². The first-order valence-electron chi connectivity index (χ1n) is 4.63. The summed E-state index contributed by atoms with van der Waals surface area (Å²) in [4.78, 5) is 0. The highest BCUT2D eigenvalue weighted by Gasteiger charge is 2.11. The lowest BCUT2D eigenvalue weighted by molar-refractivity contribution is 0.631. The van der Waals surface area contributed by atoms with E-state index in [2.05, 4.69) is 15.5 Å². The molecule has 0 bridgehead atoms. The van der Waals surface area contributed by atoms with Crippen LogP contribution < -0.4 is 5.32 Å². The molecule has 0 spiro atoms. The number of nitrogens with one attached hydrogen (secondary N) is 1. The van der Waals surface area contributed by atoms with Gasteiger partial charge in [0.25, 0.3) is 0 Å². The lowest BCUT2D eigenvalue weighted by Crippen LogP contribution is -2.04. The van der Waals surface area contributed by atoms with Crippen LogP contribution in [0.1, 0.15) is 5.01 Å². The van der Waals surface area contributed by atoms with E-state index >= 15 is 0 Å². The van der Waals surface area contributed by atoms with Gasteiger partial charge in [-0.25, -0.2) is 4.39 Å². The predicted molar refractivity (Wildman–Crippen MR) is 63.1 cm³/mol. The zero-order valence-electron chi connectivity index (χ0n) is 8.50. The van der Waals surface area contributed by atoms with Crippen LogP contribution in [0.25, 0.3) is 10.6 Å². The second-order valence-corrected chi connectivity index (χ2v) is 4.65. The molecule has 6 heteroatoms. The molecule has 84 valence electrons. The third kappa shape index (κ3) is 2.37. The van der Waals surface area contributed by atoms with Gasteiger partial charge in [0.15, 0.2) is 5.01 Å². The first-order chi connectivity index (χ1) is 7.70. The molecule has 2 rings (SSSR count). The summed E-state index contributed by atoms with van der Waals surface area (Å²) in [5.74, 6) is -0.337. The zero-order chi connectivity index (χ0) is 11.5. The summed E-state index contributed by atoms with van der Waals surface area (Å²) < 4.78 is 13.5. The molecule has 1 aromatic heterocycles. The van der Waals surface area contributed by atoms with Crippen LogP contribution in [0.3, 0.4) is 0 Å². The van der Waals surface area contributed by atoms with E-state index in [0.29, 0.717) is 22.1 Å². The van der Waals surface area contributed by atoms with Crippen LogP contribution in [0, 0.1) is 5.82 Å². The number of benzene rings is 1. The maximum atomic E-state index is 13.5. The van der Waals surface area contributed by atoms with E-state index in [1.807, 2.05) is 7.05 Å². The van der Waals surface area contributed by atoms with E-state index in [0.717, 1.165) is 5.01 Å². The first-order valence-corrected chi connectivity index (χ1v) is 5.82. The predicted octanol–water partition coefficient (Wildman–Crippen LogP) is 2.72. The maximum absolute atomic E-state index is 13.5. The van der Waals surface area contributed by atoms with Crippen LogP contribution in [-0.4, -0.2) is 17.2 Å². The molecule has 0 aliphatic heterocycles. The van der Waals surface area contributed by atoms with Crippen molar-refractivity contribution in [1.29, 1.82) is 0 Å². The van der Waals surface area contributed by atoms with Crippen LogP contribution in [-0.2, 0) is 6.54 Å². The Kier molecular flexibility index (Phi) is 3.48. The average molecular weight is 258 g/mol. The Hall–Kier alpha value is -1.04. The smallest absolute Gasteiger partial charge is 0.150 e. The third-order valence-electron chi connectivity index (χ3n) is 1.95. The van der Waals surface area contributed by atoms with Crippen molar-refractivity contribution in [2.24, 2.45) is 0 Å². The van der Waals surface area contributed by atoms with Crippen molar-refractivity contribution in [3.63, 3.8) is 0 Å².